The fraction of sp³-hybridized carbons (Fsp3) is 1.00. The molecule has 1 aliphatic heterocycles. The van der Waals surface area contributed by atoms with Crippen molar-refractivity contribution in [3.8, 4) is 0 Å². The molecule has 1 fully saturated rings. The number of nitrogens with one attached hydrogen (secondary N) is 1. The summed E-state index contributed by atoms with van der Waals surface area (Å²) in [5.41, 5.74) is 0.473. The van der Waals surface area contributed by atoms with Crippen molar-refractivity contribution in [3.63, 3.8) is 0 Å². The van der Waals surface area contributed by atoms with Gasteiger partial charge >= 0.3 is 0 Å². The minimum atomic E-state index is 0.473. The molecule has 1 N–H and O–H groups in total. The minimum Gasteiger partial charge on any atom is -0.315 e. The first-order chi connectivity index (χ1) is 5.60. The van der Waals surface area contributed by atoms with E-state index in [1.807, 2.05) is 0 Å². The lowest BCUT2D eigenvalue weighted by Crippen LogP contribution is -2.53. The number of likely N-dealkylation sites (N-methyl/N-ethyl adjacent to an activating group) is 2. The van der Waals surface area contributed by atoms with Gasteiger partial charge in [-0.3, -0.25) is 0 Å². The van der Waals surface area contributed by atoms with Crippen LogP contribution < -0.4 is 5.32 Å². The summed E-state index contributed by atoms with van der Waals surface area (Å²) < 4.78 is 0. The largest absolute Gasteiger partial charge is 0.315 e. The SMILES string of the molecule is CCN1CCC(C)(C)C(NC)C1. The first-order valence-electron chi connectivity index (χ1n) is 4.99. The van der Waals surface area contributed by atoms with E-state index in [2.05, 4.69) is 38.0 Å². The molecule has 1 rings (SSSR count). The summed E-state index contributed by atoms with van der Waals surface area (Å²) in [4.78, 5) is 2.52. The number of piperidine rings is 1. The van der Waals surface area contributed by atoms with E-state index in [0.717, 1.165) is 0 Å². The molecule has 1 heterocycles. The average Bonchev–Trinajstić information content (AvgIpc) is 2.04. The van der Waals surface area contributed by atoms with Crippen LogP contribution in [0.25, 0.3) is 0 Å². The van der Waals surface area contributed by atoms with E-state index in [0.29, 0.717) is 11.5 Å². The maximum Gasteiger partial charge on any atom is 0.0243 e. The Kier molecular flexibility index (Phi) is 3.13. The lowest BCUT2D eigenvalue weighted by atomic mass is 9.78. The molecule has 1 atom stereocenters. The Bertz CT molecular complexity index is 143. The Labute approximate surface area is 76.3 Å². The van der Waals surface area contributed by atoms with Gasteiger partial charge in [-0.15, -0.1) is 0 Å². The van der Waals surface area contributed by atoms with Gasteiger partial charge in [0.1, 0.15) is 0 Å². The predicted molar refractivity (Wildman–Crippen MR) is 53.4 cm³/mol. The van der Waals surface area contributed by atoms with Gasteiger partial charge in [0.15, 0.2) is 0 Å². The zero-order valence-corrected chi connectivity index (χ0v) is 8.85. The van der Waals surface area contributed by atoms with Crippen molar-refractivity contribution in [1.29, 1.82) is 0 Å². The second kappa shape index (κ2) is 3.75. The zero-order chi connectivity index (χ0) is 9.19. The zero-order valence-electron chi connectivity index (χ0n) is 8.85. The van der Waals surface area contributed by atoms with Gasteiger partial charge < -0.3 is 10.2 Å². The predicted octanol–water partition coefficient (Wildman–Crippen LogP) is 1.33. The van der Waals surface area contributed by atoms with E-state index in [-0.39, 0.29) is 0 Å². The molecule has 1 saturated heterocycles. The van der Waals surface area contributed by atoms with Crippen LogP contribution in [-0.2, 0) is 0 Å². The molecule has 0 aromatic carbocycles. The van der Waals surface area contributed by atoms with Crippen LogP contribution >= 0.6 is 0 Å². The summed E-state index contributed by atoms with van der Waals surface area (Å²) in [6.07, 6.45) is 1.31. The Morgan fingerprint density at radius 2 is 2.17 bits per heavy atom. The fourth-order valence-electron chi connectivity index (χ4n) is 1.99. The van der Waals surface area contributed by atoms with Crippen LogP contribution in [-0.4, -0.2) is 37.6 Å². The van der Waals surface area contributed by atoms with E-state index < -0.39 is 0 Å². The quantitative estimate of drug-likeness (QED) is 0.672. The maximum absolute atomic E-state index is 3.42. The molecule has 0 amide bonds. The Morgan fingerprint density at radius 1 is 1.50 bits per heavy atom. The molecule has 2 heteroatoms. The van der Waals surface area contributed by atoms with Gasteiger partial charge in [-0.1, -0.05) is 20.8 Å². The first-order valence-corrected chi connectivity index (χ1v) is 4.99. The first kappa shape index (κ1) is 10.0. The third-order valence-corrected chi connectivity index (χ3v) is 3.25. The van der Waals surface area contributed by atoms with Crippen LogP contribution in [0.15, 0.2) is 0 Å². The highest BCUT2D eigenvalue weighted by molar-refractivity contribution is 4.90. The molecular weight excluding hydrogens is 148 g/mol. The third kappa shape index (κ3) is 1.99. The van der Waals surface area contributed by atoms with Gasteiger partial charge in [-0.05, 0) is 32.0 Å². The van der Waals surface area contributed by atoms with Crippen molar-refractivity contribution in [1.82, 2.24) is 10.2 Å². The van der Waals surface area contributed by atoms with Gasteiger partial charge in [0.05, 0.1) is 0 Å². The maximum atomic E-state index is 3.42. The summed E-state index contributed by atoms with van der Waals surface area (Å²) >= 11 is 0. The standard InChI is InChI=1S/C10H22N2/c1-5-12-7-6-10(2,3)9(8-12)11-4/h9,11H,5-8H2,1-4H3. The average molecular weight is 170 g/mol. The Morgan fingerprint density at radius 3 is 2.67 bits per heavy atom. The van der Waals surface area contributed by atoms with Crippen LogP contribution in [0, 0.1) is 5.41 Å². The summed E-state index contributed by atoms with van der Waals surface area (Å²) in [5, 5.41) is 3.42. The number of likely N-dealkylation sites (tertiary alicyclic amines) is 1. The van der Waals surface area contributed by atoms with E-state index in [4.69, 9.17) is 0 Å². The fourth-order valence-corrected chi connectivity index (χ4v) is 1.99. The van der Waals surface area contributed by atoms with Crippen molar-refractivity contribution in [3.05, 3.63) is 0 Å². The van der Waals surface area contributed by atoms with Crippen molar-refractivity contribution in [2.24, 2.45) is 5.41 Å². The molecule has 72 valence electrons. The molecule has 0 radical (unpaired) electrons. The second-order valence-corrected chi connectivity index (χ2v) is 4.47. The highest BCUT2D eigenvalue weighted by Gasteiger charge is 2.33. The van der Waals surface area contributed by atoms with Crippen LogP contribution in [0.4, 0.5) is 0 Å². The molecule has 0 aromatic rings. The van der Waals surface area contributed by atoms with E-state index in [1.165, 1.54) is 26.1 Å². The van der Waals surface area contributed by atoms with Crippen LogP contribution in [0.1, 0.15) is 27.2 Å². The lowest BCUT2D eigenvalue weighted by molar-refractivity contribution is 0.0939. The highest BCUT2D eigenvalue weighted by Crippen LogP contribution is 2.29. The van der Waals surface area contributed by atoms with Crippen molar-refractivity contribution in [2.45, 2.75) is 33.2 Å². The number of nitrogens with zero attached hydrogens (tertiary/aromatic N) is 1. The molecule has 1 aliphatic rings. The van der Waals surface area contributed by atoms with Gasteiger partial charge in [-0.2, -0.15) is 0 Å². The number of hydrogen-bond donors (Lipinski definition) is 1. The molecule has 0 aromatic heterocycles. The third-order valence-electron chi connectivity index (χ3n) is 3.25. The van der Waals surface area contributed by atoms with Crippen LogP contribution in [0.5, 0.6) is 0 Å². The summed E-state index contributed by atoms with van der Waals surface area (Å²) in [6.45, 7) is 10.6. The Balaban J connectivity index is 2.54. The van der Waals surface area contributed by atoms with Crippen LogP contribution in [0.2, 0.25) is 0 Å². The molecular formula is C10H22N2. The summed E-state index contributed by atoms with van der Waals surface area (Å²) in [6, 6.07) is 0.659. The van der Waals surface area contributed by atoms with Crippen molar-refractivity contribution in [2.75, 3.05) is 26.7 Å². The summed E-state index contributed by atoms with van der Waals surface area (Å²) in [7, 11) is 2.07. The normalized spacial score (nSPS) is 30.5. The molecule has 0 aliphatic carbocycles. The van der Waals surface area contributed by atoms with Crippen LogP contribution in [0.3, 0.4) is 0 Å². The van der Waals surface area contributed by atoms with E-state index in [1.54, 1.807) is 0 Å². The lowest BCUT2D eigenvalue weighted by Gasteiger charge is -2.43. The van der Waals surface area contributed by atoms with Gasteiger partial charge in [-0.25, -0.2) is 0 Å². The molecule has 2 nitrogen and oxygen atoms in total. The highest BCUT2D eigenvalue weighted by atomic mass is 15.2. The number of hydrogen-bond acceptors (Lipinski definition) is 2. The molecule has 0 saturated carbocycles. The van der Waals surface area contributed by atoms with Gasteiger partial charge in [0, 0.05) is 12.6 Å². The molecule has 0 spiro atoms. The topological polar surface area (TPSA) is 15.3 Å². The minimum absolute atomic E-state index is 0.473. The van der Waals surface area contributed by atoms with E-state index >= 15 is 0 Å². The molecule has 0 bridgehead atoms. The summed E-state index contributed by atoms with van der Waals surface area (Å²) in [5.74, 6) is 0. The Hall–Kier alpha value is -0.0800. The van der Waals surface area contributed by atoms with Gasteiger partial charge in [0.2, 0.25) is 0 Å². The van der Waals surface area contributed by atoms with E-state index in [9.17, 15) is 0 Å². The monoisotopic (exact) mass is 170 g/mol. The molecule has 12 heavy (non-hydrogen) atoms. The number of rotatable bonds is 2. The van der Waals surface area contributed by atoms with Crippen molar-refractivity contribution < 1.29 is 0 Å². The van der Waals surface area contributed by atoms with Gasteiger partial charge in [0.25, 0.3) is 0 Å². The molecule has 1 unspecified atom stereocenters. The second-order valence-electron chi connectivity index (χ2n) is 4.47. The van der Waals surface area contributed by atoms with Crippen molar-refractivity contribution >= 4 is 0 Å². The smallest absolute Gasteiger partial charge is 0.0243 e.